The Morgan fingerprint density at radius 2 is 1.81 bits per heavy atom. The minimum absolute atomic E-state index is 0.0934. The number of ether oxygens (including phenoxy) is 1. The van der Waals surface area contributed by atoms with E-state index >= 15 is 0 Å². The van der Waals surface area contributed by atoms with Gasteiger partial charge in [-0.3, -0.25) is 4.79 Å². The number of halogens is 4. The Balaban J connectivity index is 1.69. The number of nitrogens with one attached hydrogen (secondary N) is 1. The molecule has 2 aromatic carbocycles. The largest absolute Gasteiger partial charge is 0.451 e. The van der Waals surface area contributed by atoms with Gasteiger partial charge in [-0.15, -0.1) is 11.3 Å². The average Bonchev–Trinajstić information content (AvgIpc) is 2.92. The topological polar surface area (TPSA) is 55.4 Å². The van der Waals surface area contributed by atoms with Gasteiger partial charge in [-0.25, -0.2) is 9.18 Å². The summed E-state index contributed by atoms with van der Waals surface area (Å²) in [5, 5.41) is 3.68. The number of benzene rings is 2. The Kier molecular flexibility index (Phi) is 5.67. The van der Waals surface area contributed by atoms with Crippen LogP contribution >= 0.6 is 46.1 Å². The maximum absolute atomic E-state index is 13.3. The number of thiophene rings is 1. The highest BCUT2D eigenvalue weighted by molar-refractivity contribution is 7.21. The fraction of sp³-hybridized carbons (Fsp3) is 0.0588. The van der Waals surface area contributed by atoms with E-state index in [4.69, 9.17) is 39.5 Å². The number of esters is 1. The molecule has 1 aromatic heterocycles. The number of amides is 1. The molecule has 9 heteroatoms. The smallest absolute Gasteiger partial charge is 0.350 e. The number of anilines is 1. The Bertz CT molecular complexity index is 1000. The second-order valence-electron chi connectivity index (χ2n) is 5.11. The maximum Gasteiger partial charge on any atom is 0.350 e. The third-order valence-electron chi connectivity index (χ3n) is 3.34. The second-order valence-corrected chi connectivity index (χ2v) is 7.35. The Morgan fingerprint density at radius 1 is 1.12 bits per heavy atom. The van der Waals surface area contributed by atoms with Crippen LogP contribution in [0.1, 0.15) is 9.67 Å². The van der Waals surface area contributed by atoms with Crippen LogP contribution in [0.5, 0.6) is 0 Å². The summed E-state index contributed by atoms with van der Waals surface area (Å²) in [6.45, 7) is -0.556. The van der Waals surface area contributed by atoms with Crippen molar-refractivity contribution in [1.29, 1.82) is 0 Å². The van der Waals surface area contributed by atoms with E-state index in [1.807, 2.05) is 0 Å². The van der Waals surface area contributed by atoms with Crippen molar-refractivity contribution in [3.8, 4) is 0 Å². The van der Waals surface area contributed by atoms with Crippen LogP contribution in [-0.4, -0.2) is 18.5 Å². The number of rotatable bonds is 4. The SMILES string of the molecule is O=C(COC(=O)c1sc2cc(F)ccc2c1Cl)Nc1c(Cl)cccc1Cl. The van der Waals surface area contributed by atoms with Gasteiger partial charge in [-0.05, 0) is 30.3 Å². The Morgan fingerprint density at radius 3 is 2.50 bits per heavy atom. The van der Waals surface area contributed by atoms with Gasteiger partial charge in [0, 0.05) is 10.1 Å². The van der Waals surface area contributed by atoms with Gasteiger partial charge in [-0.2, -0.15) is 0 Å². The Labute approximate surface area is 166 Å². The monoisotopic (exact) mass is 431 g/mol. The summed E-state index contributed by atoms with van der Waals surface area (Å²) >= 11 is 19.0. The van der Waals surface area contributed by atoms with Crippen molar-refractivity contribution in [3.05, 3.63) is 62.2 Å². The highest BCUT2D eigenvalue weighted by Crippen LogP contribution is 2.36. The molecule has 1 amide bonds. The van der Waals surface area contributed by atoms with Gasteiger partial charge in [0.05, 0.1) is 20.8 Å². The molecule has 1 N–H and O–H groups in total. The van der Waals surface area contributed by atoms with E-state index in [2.05, 4.69) is 5.32 Å². The summed E-state index contributed by atoms with van der Waals surface area (Å²) in [7, 11) is 0. The maximum atomic E-state index is 13.3. The van der Waals surface area contributed by atoms with Gasteiger partial charge in [0.2, 0.25) is 0 Å². The first-order valence-corrected chi connectivity index (χ1v) is 9.10. The third-order valence-corrected chi connectivity index (χ3v) is 5.61. The minimum atomic E-state index is -0.781. The molecule has 0 saturated carbocycles. The Hall–Kier alpha value is -1.86. The quantitative estimate of drug-likeness (QED) is 0.530. The molecular formula is C17H9Cl3FNO3S. The third kappa shape index (κ3) is 3.94. The molecule has 134 valence electrons. The summed E-state index contributed by atoms with van der Waals surface area (Å²) in [4.78, 5) is 24.3. The summed E-state index contributed by atoms with van der Waals surface area (Å²) in [5.41, 5.74) is 0.229. The summed E-state index contributed by atoms with van der Waals surface area (Å²) < 4.78 is 18.8. The molecule has 0 aliphatic heterocycles. The van der Waals surface area contributed by atoms with Gasteiger partial charge in [0.1, 0.15) is 10.7 Å². The number of carbonyl (C=O) groups excluding carboxylic acids is 2. The fourth-order valence-electron chi connectivity index (χ4n) is 2.16. The molecular weight excluding hydrogens is 424 g/mol. The molecule has 26 heavy (non-hydrogen) atoms. The number of hydrogen-bond donors (Lipinski definition) is 1. The second kappa shape index (κ2) is 7.80. The van der Waals surface area contributed by atoms with Crippen molar-refractivity contribution in [2.24, 2.45) is 0 Å². The zero-order valence-electron chi connectivity index (χ0n) is 12.8. The standard InChI is InChI=1S/C17H9Cl3FNO3S/c18-10-2-1-3-11(19)15(10)22-13(23)7-25-17(24)16-14(20)9-5-4-8(21)6-12(9)26-16/h1-6H,7H2,(H,22,23). The molecule has 0 saturated heterocycles. The molecule has 0 unspecified atom stereocenters. The van der Waals surface area contributed by atoms with Crippen LogP contribution in [-0.2, 0) is 9.53 Å². The number of para-hydroxylation sites is 1. The lowest BCUT2D eigenvalue weighted by Gasteiger charge is -2.09. The number of carbonyl (C=O) groups is 2. The van der Waals surface area contributed by atoms with E-state index in [9.17, 15) is 14.0 Å². The van der Waals surface area contributed by atoms with Gasteiger partial charge in [0.15, 0.2) is 6.61 Å². The molecule has 0 aliphatic rings. The molecule has 0 radical (unpaired) electrons. The first-order chi connectivity index (χ1) is 12.4. The van der Waals surface area contributed by atoms with Crippen LogP contribution in [0, 0.1) is 5.82 Å². The van der Waals surface area contributed by atoms with E-state index in [1.165, 1.54) is 18.2 Å². The average molecular weight is 433 g/mol. The molecule has 0 bridgehead atoms. The highest BCUT2D eigenvalue weighted by Gasteiger charge is 2.20. The van der Waals surface area contributed by atoms with E-state index in [-0.39, 0.29) is 25.6 Å². The number of hydrogen-bond acceptors (Lipinski definition) is 4. The van der Waals surface area contributed by atoms with E-state index in [0.29, 0.717) is 10.1 Å². The van der Waals surface area contributed by atoms with Gasteiger partial charge in [-0.1, -0.05) is 40.9 Å². The summed E-state index contributed by atoms with van der Waals surface area (Å²) in [5.74, 6) is -1.83. The molecule has 0 aliphatic carbocycles. The predicted molar refractivity (Wildman–Crippen MR) is 102 cm³/mol. The van der Waals surface area contributed by atoms with Crippen molar-refractivity contribution in [2.75, 3.05) is 11.9 Å². The fourth-order valence-corrected chi connectivity index (χ4v) is 4.08. The molecule has 3 rings (SSSR count). The summed E-state index contributed by atoms with van der Waals surface area (Å²) in [6, 6.07) is 8.75. The highest BCUT2D eigenvalue weighted by atomic mass is 35.5. The van der Waals surface area contributed by atoms with Crippen LogP contribution in [0.25, 0.3) is 10.1 Å². The van der Waals surface area contributed by atoms with Crippen LogP contribution in [0.15, 0.2) is 36.4 Å². The van der Waals surface area contributed by atoms with Crippen LogP contribution in [0.2, 0.25) is 15.1 Å². The van der Waals surface area contributed by atoms with Gasteiger partial charge in [0.25, 0.3) is 5.91 Å². The lowest BCUT2D eigenvalue weighted by Crippen LogP contribution is -2.21. The molecule has 1 heterocycles. The lowest BCUT2D eigenvalue weighted by atomic mass is 10.2. The van der Waals surface area contributed by atoms with Crippen molar-refractivity contribution in [3.63, 3.8) is 0 Å². The molecule has 0 fully saturated rings. The van der Waals surface area contributed by atoms with Crippen LogP contribution in [0.4, 0.5) is 10.1 Å². The van der Waals surface area contributed by atoms with Crippen molar-refractivity contribution >= 4 is 73.8 Å². The van der Waals surface area contributed by atoms with Crippen molar-refractivity contribution < 1.29 is 18.7 Å². The number of fused-ring (bicyclic) bond motifs is 1. The van der Waals surface area contributed by atoms with E-state index < -0.39 is 24.3 Å². The first-order valence-electron chi connectivity index (χ1n) is 7.15. The lowest BCUT2D eigenvalue weighted by molar-refractivity contribution is -0.119. The van der Waals surface area contributed by atoms with Gasteiger partial charge >= 0.3 is 5.97 Å². The zero-order valence-corrected chi connectivity index (χ0v) is 15.9. The molecule has 4 nitrogen and oxygen atoms in total. The molecule has 0 spiro atoms. The zero-order chi connectivity index (χ0) is 18.8. The van der Waals surface area contributed by atoms with E-state index in [1.54, 1.807) is 18.2 Å². The van der Waals surface area contributed by atoms with Crippen molar-refractivity contribution in [2.45, 2.75) is 0 Å². The minimum Gasteiger partial charge on any atom is -0.451 e. The van der Waals surface area contributed by atoms with Crippen LogP contribution < -0.4 is 5.32 Å². The van der Waals surface area contributed by atoms with E-state index in [0.717, 1.165) is 11.3 Å². The van der Waals surface area contributed by atoms with Crippen molar-refractivity contribution in [1.82, 2.24) is 0 Å². The summed E-state index contributed by atoms with van der Waals surface area (Å²) in [6.07, 6.45) is 0. The molecule has 0 atom stereocenters. The predicted octanol–water partition coefficient (Wildman–Crippen LogP) is 5.80. The van der Waals surface area contributed by atoms with Gasteiger partial charge < -0.3 is 10.1 Å². The normalized spacial score (nSPS) is 10.8. The first kappa shape index (κ1) is 18.9. The molecule has 3 aromatic rings. The van der Waals surface area contributed by atoms with Crippen LogP contribution in [0.3, 0.4) is 0 Å².